The average Bonchev–Trinajstić information content (AvgIpc) is 3.07. The molecule has 0 N–H and O–H groups in total. The van der Waals surface area contributed by atoms with Gasteiger partial charge >= 0.3 is 0 Å². The zero-order valence-corrected chi connectivity index (χ0v) is 14.4. The lowest BCUT2D eigenvalue weighted by Crippen LogP contribution is -2.51. The van der Waals surface area contributed by atoms with Crippen molar-refractivity contribution >= 4 is 17.5 Å². The first-order valence-corrected chi connectivity index (χ1v) is 8.30. The first-order chi connectivity index (χ1) is 12.5. The van der Waals surface area contributed by atoms with Crippen LogP contribution in [0.2, 0.25) is 0 Å². The van der Waals surface area contributed by atoms with E-state index in [4.69, 9.17) is 4.42 Å². The fourth-order valence-electron chi connectivity index (χ4n) is 2.96. The first kappa shape index (κ1) is 17.7. The lowest BCUT2D eigenvalue weighted by molar-refractivity contribution is -0.384. The third-order valence-corrected chi connectivity index (χ3v) is 4.51. The molecule has 2 amide bonds. The summed E-state index contributed by atoms with van der Waals surface area (Å²) in [6.07, 6.45) is 1.68. The molecule has 26 heavy (non-hydrogen) atoms. The fraction of sp³-hybridized carbons (Fsp3) is 0.333. The van der Waals surface area contributed by atoms with E-state index in [1.807, 2.05) is 0 Å². The summed E-state index contributed by atoms with van der Waals surface area (Å²) in [4.78, 5) is 38.5. The molecule has 0 unspecified atom stereocenters. The smallest absolute Gasteiger partial charge is 0.269 e. The molecule has 0 radical (unpaired) electrons. The number of furan rings is 1. The van der Waals surface area contributed by atoms with Gasteiger partial charge in [-0.25, -0.2) is 0 Å². The van der Waals surface area contributed by atoms with Crippen LogP contribution in [0.4, 0.5) is 5.69 Å². The van der Waals surface area contributed by atoms with Gasteiger partial charge in [-0.3, -0.25) is 19.7 Å². The SMILES string of the molecule is Cc1occc1C(=O)N1CCN(C(=O)Cc2ccc([N+](=O)[O-])cc2)CC1. The molecule has 1 aliphatic heterocycles. The van der Waals surface area contributed by atoms with Crippen LogP contribution in [0.25, 0.3) is 0 Å². The van der Waals surface area contributed by atoms with Gasteiger partial charge < -0.3 is 14.2 Å². The Balaban J connectivity index is 1.54. The Labute approximate surface area is 150 Å². The van der Waals surface area contributed by atoms with Crippen molar-refractivity contribution in [3.8, 4) is 0 Å². The maximum atomic E-state index is 12.4. The van der Waals surface area contributed by atoms with Gasteiger partial charge in [0.15, 0.2) is 0 Å². The molecule has 1 fully saturated rings. The summed E-state index contributed by atoms with van der Waals surface area (Å²) in [5, 5.41) is 10.7. The van der Waals surface area contributed by atoms with Crippen LogP contribution >= 0.6 is 0 Å². The number of aryl methyl sites for hydroxylation is 1. The second-order valence-corrected chi connectivity index (χ2v) is 6.16. The Hall–Kier alpha value is -3.16. The number of hydrogen-bond donors (Lipinski definition) is 0. The largest absolute Gasteiger partial charge is 0.469 e. The first-order valence-electron chi connectivity index (χ1n) is 8.30. The second kappa shape index (κ2) is 7.38. The van der Waals surface area contributed by atoms with Gasteiger partial charge in [-0.1, -0.05) is 12.1 Å². The van der Waals surface area contributed by atoms with Crippen LogP contribution < -0.4 is 0 Å². The molecule has 1 aliphatic rings. The molecule has 1 saturated heterocycles. The third-order valence-electron chi connectivity index (χ3n) is 4.51. The van der Waals surface area contributed by atoms with Crippen molar-refractivity contribution in [3.63, 3.8) is 0 Å². The highest BCUT2D eigenvalue weighted by atomic mass is 16.6. The van der Waals surface area contributed by atoms with Crippen LogP contribution in [0.3, 0.4) is 0 Å². The summed E-state index contributed by atoms with van der Waals surface area (Å²) in [6.45, 7) is 3.62. The molecule has 0 spiro atoms. The predicted molar refractivity (Wildman–Crippen MR) is 92.7 cm³/mol. The molecular formula is C18H19N3O5. The highest BCUT2D eigenvalue weighted by Crippen LogP contribution is 2.16. The molecule has 2 heterocycles. The minimum absolute atomic E-state index is 0.00265. The molecular weight excluding hydrogens is 338 g/mol. The number of nitrogens with zero attached hydrogens (tertiary/aromatic N) is 3. The molecule has 0 atom stereocenters. The van der Waals surface area contributed by atoms with Gasteiger partial charge in [-0.2, -0.15) is 0 Å². The van der Waals surface area contributed by atoms with Crippen LogP contribution in [0.15, 0.2) is 41.0 Å². The zero-order chi connectivity index (χ0) is 18.7. The maximum Gasteiger partial charge on any atom is 0.269 e. The van der Waals surface area contributed by atoms with Crippen molar-refractivity contribution in [3.05, 3.63) is 63.6 Å². The van der Waals surface area contributed by atoms with Crippen LogP contribution in [-0.4, -0.2) is 52.7 Å². The number of non-ortho nitro benzene ring substituents is 1. The van der Waals surface area contributed by atoms with E-state index in [0.29, 0.717) is 37.5 Å². The van der Waals surface area contributed by atoms with Crippen LogP contribution in [0, 0.1) is 17.0 Å². The van der Waals surface area contributed by atoms with Crippen molar-refractivity contribution in [2.75, 3.05) is 26.2 Å². The second-order valence-electron chi connectivity index (χ2n) is 6.16. The highest BCUT2D eigenvalue weighted by Gasteiger charge is 2.26. The molecule has 136 valence electrons. The van der Waals surface area contributed by atoms with Gasteiger partial charge in [-0.15, -0.1) is 0 Å². The number of carbonyl (C=O) groups is 2. The Morgan fingerprint density at radius 3 is 2.23 bits per heavy atom. The number of benzene rings is 1. The van der Waals surface area contributed by atoms with E-state index in [1.165, 1.54) is 18.4 Å². The number of nitro benzene ring substituents is 1. The molecule has 3 rings (SSSR count). The summed E-state index contributed by atoms with van der Waals surface area (Å²) in [6, 6.07) is 7.64. The molecule has 0 saturated carbocycles. The topological polar surface area (TPSA) is 96.9 Å². The quantitative estimate of drug-likeness (QED) is 0.616. The summed E-state index contributed by atoms with van der Waals surface area (Å²) in [5.74, 6) is 0.454. The van der Waals surface area contributed by atoms with Gasteiger partial charge in [0, 0.05) is 38.3 Å². The van der Waals surface area contributed by atoms with E-state index in [9.17, 15) is 19.7 Å². The predicted octanol–water partition coefficient (Wildman–Crippen LogP) is 2.02. The zero-order valence-electron chi connectivity index (χ0n) is 14.4. The summed E-state index contributed by atoms with van der Waals surface area (Å²) in [7, 11) is 0. The Bertz CT molecular complexity index is 820. The third kappa shape index (κ3) is 3.74. The number of rotatable bonds is 4. The Kier molecular flexibility index (Phi) is 5.01. The molecule has 1 aromatic carbocycles. The minimum Gasteiger partial charge on any atom is -0.469 e. The van der Waals surface area contributed by atoms with Crippen molar-refractivity contribution in [2.24, 2.45) is 0 Å². The molecule has 1 aromatic heterocycles. The van der Waals surface area contributed by atoms with E-state index >= 15 is 0 Å². The summed E-state index contributed by atoms with van der Waals surface area (Å²) < 4.78 is 5.17. The lowest BCUT2D eigenvalue weighted by Gasteiger charge is -2.34. The lowest BCUT2D eigenvalue weighted by atomic mass is 10.1. The average molecular weight is 357 g/mol. The van der Waals surface area contributed by atoms with Gasteiger partial charge in [0.25, 0.3) is 11.6 Å². The molecule has 2 aromatic rings. The van der Waals surface area contributed by atoms with Crippen LogP contribution in [0.5, 0.6) is 0 Å². The Morgan fingerprint density at radius 1 is 1.08 bits per heavy atom. The summed E-state index contributed by atoms with van der Waals surface area (Å²) >= 11 is 0. The van der Waals surface area contributed by atoms with Crippen molar-refractivity contribution in [1.29, 1.82) is 0 Å². The normalized spacial score (nSPS) is 14.3. The molecule has 0 aliphatic carbocycles. The minimum atomic E-state index is -0.469. The van der Waals surface area contributed by atoms with Gasteiger partial charge in [0.1, 0.15) is 5.76 Å². The number of hydrogen-bond acceptors (Lipinski definition) is 5. The molecule has 8 nitrogen and oxygen atoms in total. The van der Waals surface area contributed by atoms with E-state index < -0.39 is 4.92 Å². The van der Waals surface area contributed by atoms with Crippen LogP contribution in [0.1, 0.15) is 21.7 Å². The van der Waals surface area contributed by atoms with Crippen molar-refractivity contribution < 1.29 is 18.9 Å². The van der Waals surface area contributed by atoms with Crippen molar-refractivity contribution in [2.45, 2.75) is 13.3 Å². The van der Waals surface area contributed by atoms with Crippen molar-refractivity contribution in [1.82, 2.24) is 9.80 Å². The molecule has 8 heteroatoms. The van der Waals surface area contributed by atoms with Gasteiger partial charge in [0.2, 0.25) is 5.91 Å². The van der Waals surface area contributed by atoms with E-state index in [-0.39, 0.29) is 23.9 Å². The fourth-order valence-corrected chi connectivity index (χ4v) is 2.96. The van der Waals surface area contributed by atoms with E-state index in [1.54, 1.807) is 34.9 Å². The maximum absolute atomic E-state index is 12.4. The summed E-state index contributed by atoms with van der Waals surface area (Å²) in [5.41, 5.74) is 1.28. The van der Waals surface area contributed by atoms with Gasteiger partial charge in [-0.05, 0) is 18.6 Å². The standard InChI is InChI=1S/C18H19N3O5/c1-13-16(6-11-26-13)18(23)20-9-7-19(8-10-20)17(22)12-14-2-4-15(5-3-14)21(24)25/h2-6,11H,7-10,12H2,1H3. The highest BCUT2D eigenvalue weighted by molar-refractivity contribution is 5.95. The Morgan fingerprint density at radius 2 is 1.69 bits per heavy atom. The number of carbonyl (C=O) groups excluding carboxylic acids is 2. The van der Waals surface area contributed by atoms with Crippen LogP contribution in [-0.2, 0) is 11.2 Å². The van der Waals surface area contributed by atoms with Gasteiger partial charge in [0.05, 0.1) is 23.2 Å². The van der Waals surface area contributed by atoms with E-state index in [2.05, 4.69) is 0 Å². The number of amides is 2. The van der Waals surface area contributed by atoms with E-state index in [0.717, 1.165) is 5.56 Å². The number of piperazine rings is 1. The monoisotopic (exact) mass is 357 g/mol. The number of nitro groups is 1. The molecule has 0 bridgehead atoms.